The van der Waals surface area contributed by atoms with Gasteiger partial charge in [0.25, 0.3) is 0 Å². The second-order valence-corrected chi connectivity index (χ2v) is 5.40. The summed E-state index contributed by atoms with van der Waals surface area (Å²) in [7, 11) is 1.99. The molecule has 0 amide bonds. The Morgan fingerprint density at radius 1 is 1.23 bits per heavy atom. The molecule has 0 spiro atoms. The summed E-state index contributed by atoms with van der Waals surface area (Å²) in [5, 5.41) is 7.68. The Morgan fingerprint density at radius 2 is 1.91 bits per heavy atom. The van der Waals surface area contributed by atoms with E-state index in [4.69, 9.17) is 5.73 Å². The van der Waals surface area contributed by atoms with Crippen molar-refractivity contribution in [2.24, 2.45) is 17.8 Å². The average Bonchev–Trinajstić information content (AvgIpc) is 2.82. The van der Waals surface area contributed by atoms with Crippen molar-refractivity contribution < 1.29 is 0 Å². The van der Waals surface area contributed by atoms with Gasteiger partial charge in [-0.2, -0.15) is 5.10 Å². The van der Waals surface area contributed by atoms with E-state index in [1.54, 1.807) is 0 Å². The molecular weight excluding hydrogens is 274 g/mol. The van der Waals surface area contributed by atoms with Crippen LogP contribution in [-0.2, 0) is 26.4 Å². The first-order valence-electron chi connectivity index (χ1n) is 7.72. The molecule has 0 aliphatic rings. The van der Waals surface area contributed by atoms with E-state index >= 15 is 0 Å². The van der Waals surface area contributed by atoms with Crippen LogP contribution in [0.3, 0.4) is 0 Å². The van der Waals surface area contributed by atoms with Crippen molar-refractivity contribution in [1.82, 2.24) is 9.78 Å². The highest BCUT2D eigenvalue weighted by Crippen LogP contribution is 2.16. The van der Waals surface area contributed by atoms with Crippen LogP contribution < -0.4 is 11.1 Å². The molecule has 0 fully saturated rings. The second-order valence-electron chi connectivity index (χ2n) is 5.40. The normalized spacial score (nSPS) is 11.7. The topological polar surface area (TPSA) is 68.2 Å². The monoisotopic (exact) mass is 299 g/mol. The van der Waals surface area contributed by atoms with Gasteiger partial charge in [0.15, 0.2) is 5.96 Å². The number of aryl methyl sites for hydroxylation is 3. The predicted octanol–water partition coefficient (Wildman–Crippen LogP) is 2.78. The average molecular weight is 299 g/mol. The molecule has 2 rings (SSSR count). The summed E-state index contributed by atoms with van der Waals surface area (Å²) in [6.45, 7) is 6.87. The van der Waals surface area contributed by atoms with Crippen LogP contribution in [0.5, 0.6) is 0 Å². The van der Waals surface area contributed by atoms with Crippen molar-refractivity contribution >= 4 is 11.6 Å². The smallest absolute Gasteiger partial charge is 0.193 e. The molecule has 0 aliphatic heterocycles. The highest BCUT2D eigenvalue weighted by atomic mass is 15.3. The first-order valence-corrected chi connectivity index (χ1v) is 7.72. The lowest BCUT2D eigenvalue weighted by atomic mass is 10.1. The Bertz CT molecular complexity index is 652. The lowest BCUT2D eigenvalue weighted by Crippen LogP contribution is -2.22. The number of benzene rings is 1. The number of guanidine groups is 1. The van der Waals surface area contributed by atoms with Crippen molar-refractivity contribution in [2.45, 2.75) is 40.2 Å². The number of aliphatic imine (C=N–C) groups is 1. The van der Waals surface area contributed by atoms with Gasteiger partial charge in [-0.25, -0.2) is 4.99 Å². The molecule has 3 N–H and O–H groups in total. The molecule has 5 nitrogen and oxygen atoms in total. The van der Waals surface area contributed by atoms with Gasteiger partial charge in [0, 0.05) is 24.0 Å². The van der Waals surface area contributed by atoms with E-state index in [9.17, 15) is 0 Å². The van der Waals surface area contributed by atoms with E-state index in [0.29, 0.717) is 12.5 Å². The number of rotatable bonds is 5. The summed E-state index contributed by atoms with van der Waals surface area (Å²) in [5.41, 5.74) is 11.7. The Balaban J connectivity index is 2.12. The van der Waals surface area contributed by atoms with E-state index in [1.165, 1.54) is 16.8 Å². The summed E-state index contributed by atoms with van der Waals surface area (Å²) in [6.07, 6.45) is 1.85. The van der Waals surface area contributed by atoms with Gasteiger partial charge < -0.3 is 11.1 Å². The molecular formula is C17H25N5. The molecule has 0 radical (unpaired) electrons. The van der Waals surface area contributed by atoms with Gasteiger partial charge in [-0.15, -0.1) is 0 Å². The quantitative estimate of drug-likeness (QED) is 0.659. The minimum absolute atomic E-state index is 0.428. The molecule has 118 valence electrons. The van der Waals surface area contributed by atoms with Crippen molar-refractivity contribution in [1.29, 1.82) is 0 Å². The largest absolute Gasteiger partial charge is 0.370 e. The highest BCUT2D eigenvalue weighted by molar-refractivity contribution is 5.92. The zero-order valence-corrected chi connectivity index (χ0v) is 13.8. The number of hydrogen-bond donors (Lipinski definition) is 2. The van der Waals surface area contributed by atoms with Crippen LogP contribution in [-0.4, -0.2) is 15.7 Å². The fourth-order valence-electron chi connectivity index (χ4n) is 2.56. The molecule has 2 aromatic rings. The van der Waals surface area contributed by atoms with Crippen LogP contribution in [0, 0.1) is 6.92 Å². The number of hydrogen-bond acceptors (Lipinski definition) is 2. The molecule has 0 bridgehead atoms. The third kappa shape index (κ3) is 3.67. The van der Waals surface area contributed by atoms with E-state index < -0.39 is 0 Å². The predicted molar refractivity (Wildman–Crippen MR) is 92.1 cm³/mol. The number of nitrogens with one attached hydrogen (secondary N) is 1. The summed E-state index contributed by atoms with van der Waals surface area (Å²) in [6, 6.07) is 8.08. The van der Waals surface area contributed by atoms with E-state index in [2.05, 4.69) is 36.2 Å². The molecule has 5 heteroatoms. The van der Waals surface area contributed by atoms with Crippen LogP contribution in [0.15, 0.2) is 29.3 Å². The first kappa shape index (κ1) is 16.1. The lowest BCUT2D eigenvalue weighted by Gasteiger charge is -2.07. The van der Waals surface area contributed by atoms with Crippen molar-refractivity contribution in [3.05, 3.63) is 46.8 Å². The van der Waals surface area contributed by atoms with Gasteiger partial charge >= 0.3 is 0 Å². The maximum Gasteiger partial charge on any atom is 0.193 e. The van der Waals surface area contributed by atoms with Gasteiger partial charge in [-0.05, 0) is 31.9 Å². The molecule has 0 saturated carbocycles. The molecule has 0 aliphatic carbocycles. The Morgan fingerprint density at radius 3 is 2.50 bits per heavy atom. The van der Waals surface area contributed by atoms with Gasteiger partial charge in [-0.1, -0.05) is 31.5 Å². The standard InChI is InChI=1S/C17H25N5/c1-5-15-14(16(6-2)22(4)21-15)11-19-17(18)20-13-9-7-12(3)8-10-13/h7-10H,5-6,11H2,1-4H3,(H3,18,19,20). The minimum Gasteiger partial charge on any atom is -0.370 e. The summed E-state index contributed by atoms with van der Waals surface area (Å²) < 4.78 is 1.95. The molecule has 1 aromatic carbocycles. The second kappa shape index (κ2) is 7.11. The number of aromatic nitrogens is 2. The van der Waals surface area contributed by atoms with Gasteiger partial charge in [-0.3, -0.25) is 4.68 Å². The Labute approximate surface area is 132 Å². The van der Waals surface area contributed by atoms with Gasteiger partial charge in [0.05, 0.1) is 12.2 Å². The number of nitrogens with zero attached hydrogens (tertiary/aromatic N) is 3. The molecule has 0 unspecified atom stereocenters. The van der Waals surface area contributed by atoms with Crippen LogP contribution in [0.2, 0.25) is 0 Å². The summed E-state index contributed by atoms with van der Waals surface area (Å²) in [4.78, 5) is 4.47. The third-order valence-corrected chi connectivity index (χ3v) is 3.76. The maximum absolute atomic E-state index is 5.99. The fraction of sp³-hybridized carbons (Fsp3) is 0.412. The SMILES string of the molecule is CCc1nn(C)c(CC)c1CN=C(N)Nc1ccc(C)cc1. The van der Waals surface area contributed by atoms with Crippen LogP contribution in [0.4, 0.5) is 5.69 Å². The molecule has 0 saturated heterocycles. The first-order chi connectivity index (χ1) is 10.5. The van der Waals surface area contributed by atoms with Crippen molar-refractivity contribution in [3.63, 3.8) is 0 Å². The number of nitrogens with two attached hydrogens (primary N) is 1. The van der Waals surface area contributed by atoms with Crippen molar-refractivity contribution in [3.8, 4) is 0 Å². The molecule has 22 heavy (non-hydrogen) atoms. The third-order valence-electron chi connectivity index (χ3n) is 3.76. The Kier molecular flexibility index (Phi) is 5.20. The van der Waals surface area contributed by atoms with Crippen molar-refractivity contribution in [2.75, 3.05) is 5.32 Å². The fourth-order valence-corrected chi connectivity index (χ4v) is 2.56. The van der Waals surface area contributed by atoms with Gasteiger partial charge in [0.2, 0.25) is 0 Å². The van der Waals surface area contributed by atoms with Crippen LogP contribution >= 0.6 is 0 Å². The highest BCUT2D eigenvalue weighted by Gasteiger charge is 2.12. The van der Waals surface area contributed by atoms with E-state index in [-0.39, 0.29) is 0 Å². The maximum atomic E-state index is 5.99. The van der Waals surface area contributed by atoms with Crippen LogP contribution in [0.1, 0.15) is 36.4 Å². The number of anilines is 1. The van der Waals surface area contributed by atoms with E-state index in [1.807, 2.05) is 36.0 Å². The Hall–Kier alpha value is -2.30. The molecule has 1 heterocycles. The minimum atomic E-state index is 0.428. The zero-order valence-electron chi connectivity index (χ0n) is 13.8. The molecule has 0 atom stereocenters. The van der Waals surface area contributed by atoms with Gasteiger partial charge in [0.1, 0.15) is 0 Å². The van der Waals surface area contributed by atoms with E-state index in [0.717, 1.165) is 24.2 Å². The summed E-state index contributed by atoms with van der Waals surface area (Å²) >= 11 is 0. The summed E-state index contributed by atoms with van der Waals surface area (Å²) in [5.74, 6) is 0.428. The lowest BCUT2D eigenvalue weighted by molar-refractivity contribution is 0.703. The molecule has 1 aromatic heterocycles. The zero-order chi connectivity index (χ0) is 16.1. The van der Waals surface area contributed by atoms with Crippen LogP contribution in [0.25, 0.3) is 0 Å².